The molecule has 3 heteroatoms. The first-order valence-corrected chi connectivity index (χ1v) is 5.16. The number of aromatic amines is 1. The smallest absolute Gasteiger partial charge is 0.186 e. The van der Waals surface area contributed by atoms with Crippen LogP contribution in [0.5, 0.6) is 0 Å². The zero-order valence-corrected chi connectivity index (χ0v) is 8.60. The predicted octanol–water partition coefficient (Wildman–Crippen LogP) is 2.21. The standard InChI is InChI=1S/C13H10N2O/c16-12-4-2-10-7-9(1-3-11(10)12)8-13-14-5-6-15-13/h1-7H,8H2,(H,14,15). The van der Waals surface area contributed by atoms with Gasteiger partial charge in [0.25, 0.3) is 0 Å². The summed E-state index contributed by atoms with van der Waals surface area (Å²) >= 11 is 0. The minimum absolute atomic E-state index is 0.0968. The van der Waals surface area contributed by atoms with Crippen LogP contribution in [0.25, 0.3) is 6.08 Å². The van der Waals surface area contributed by atoms with E-state index in [2.05, 4.69) is 9.97 Å². The number of carbonyl (C=O) groups excluding carboxylic acids is 1. The Morgan fingerprint density at radius 1 is 1.25 bits per heavy atom. The van der Waals surface area contributed by atoms with Gasteiger partial charge in [-0.25, -0.2) is 4.98 Å². The van der Waals surface area contributed by atoms with Crippen molar-refractivity contribution in [2.75, 3.05) is 0 Å². The quantitative estimate of drug-likeness (QED) is 0.826. The van der Waals surface area contributed by atoms with E-state index >= 15 is 0 Å². The Labute approximate surface area is 92.8 Å². The molecule has 0 spiro atoms. The third-order valence-electron chi connectivity index (χ3n) is 2.72. The van der Waals surface area contributed by atoms with Crippen LogP contribution in [0.15, 0.2) is 36.7 Å². The molecule has 0 aliphatic heterocycles. The summed E-state index contributed by atoms with van der Waals surface area (Å²) in [6.07, 6.45) is 7.80. The van der Waals surface area contributed by atoms with Crippen molar-refractivity contribution in [1.29, 1.82) is 0 Å². The molecule has 1 aliphatic carbocycles. The summed E-state index contributed by atoms with van der Waals surface area (Å²) in [4.78, 5) is 18.6. The first-order valence-electron chi connectivity index (χ1n) is 5.16. The Hall–Kier alpha value is -2.16. The first-order chi connectivity index (χ1) is 7.83. The highest BCUT2D eigenvalue weighted by Crippen LogP contribution is 2.21. The van der Waals surface area contributed by atoms with Gasteiger partial charge in [0.1, 0.15) is 5.82 Å². The molecule has 0 fully saturated rings. The van der Waals surface area contributed by atoms with Gasteiger partial charge in [-0.05, 0) is 17.2 Å². The fraction of sp³-hybridized carbons (Fsp3) is 0.0769. The molecule has 3 nitrogen and oxygen atoms in total. The van der Waals surface area contributed by atoms with Crippen LogP contribution in [0.4, 0.5) is 0 Å². The van der Waals surface area contributed by atoms with Crippen LogP contribution < -0.4 is 0 Å². The number of nitrogens with one attached hydrogen (secondary N) is 1. The van der Waals surface area contributed by atoms with E-state index in [4.69, 9.17) is 0 Å². The monoisotopic (exact) mass is 210 g/mol. The van der Waals surface area contributed by atoms with E-state index in [9.17, 15) is 4.79 Å². The van der Waals surface area contributed by atoms with Gasteiger partial charge in [0.2, 0.25) is 0 Å². The van der Waals surface area contributed by atoms with E-state index in [1.54, 1.807) is 12.3 Å². The van der Waals surface area contributed by atoms with Gasteiger partial charge in [-0.2, -0.15) is 0 Å². The molecule has 2 aromatic rings. The molecule has 0 bridgehead atoms. The lowest BCUT2D eigenvalue weighted by molar-refractivity contribution is 0.105. The summed E-state index contributed by atoms with van der Waals surface area (Å²) in [5, 5.41) is 0. The number of rotatable bonds is 2. The zero-order chi connectivity index (χ0) is 11.0. The van der Waals surface area contributed by atoms with Gasteiger partial charge in [0, 0.05) is 24.4 Å². The highest BCUT2D eigenvalue weighted by atomic mass is 16.1. The van der Waals surface area contributed by atoms with Crippen molar-refractivity contribution in [2.24, 2.45) is 0 Å². The molecule has 3 rings (SSSR count). The molecule has 0 atom stereocenters. The number of aromatic nitrogens is 2. The minimum Gasteiger partial charge on any atom is -0.348 e. The summed E-state index contributed by atoms with van der Waals surface area (Å²) in [5.41, 5.74) is 2.96. The SMILES string of the molecule is O=C1C=Cc2cc(Cc3ncc[nH]3)ccc21. The number of imidazole rings is 1. The zero-order valence-electron chi connectivity index (χ0n) is 8.60. The lowest BCUT2D eigenvalue weighted by atomic mass is 10.0. The number of benzene rings is 1. The van der Waals surface area contributed by atoms with Crippen LogP contribution >= 0.6 is 0 Å². The van der Waals surface area contributed by atoms with Crippen molar-refractivity contribution in [1.82, 2.24) is 9.97 Å². The summed E-state index contributed by atoms with van der Waals surface area (Å²) in [6, 6.07) is 5.90. The van der Waals surface area contributed by atoms with Crippen LogP contribution in [0.3, 0.4) is 0 Å². The van der Waals surface area contributed by atoms with E-state index in [0.29, 0.717) is 0 Å². The summed E-state index contributed by atoms with van der Waals surface area (Å²) < 4.78 is 0. The fourth-order valence-electron chi connectivity index (χ4n) is 1.93. The van der Waals surface area contributed by atoms with Gasteiger partial charge in [0.05, 0.1) is 0 Å². The van der Waals surface area contributed by atoms with Crippen LogP contribution in [0, 0.1) is 0 Å². The second-order valence-corrected chi connectivity index (χ2v) is 3.83. The largest absolute Gasteiger partial charge is 0.348 e. The molecular formula is C13H10N2O. The molecule has 16 heavy (non-hydrogen) atoms. The van der Waals surface area contributed by atoms with E-state index < -0.39 is 0 Å². The van der Waals surface area contributed by atoms with Crippen molar-refractivity contribution >= 4 is 11.9 Å². The molecule has 1 aromatic heterocycles. The number of allylic oxidation sites excluding steroid dienone is 1. The van der Waals surface area contributed by atoms with E-state index in [-0.39, 0.29) is 5.78 Å². The van der Waals surface area contributed by atoms with Gasteiger partial charge >= 0.3 is 0 Å². The van der Waals surface area contributed by atoms with Gasteiger partial charge in [-0.3, -0.25) is 4.79 Å². The Kier molecular flexibility index (Phi) is 1.96. The minimum atomic E-state index is 0.0968. The highest BCUT2D eigenvalue weighted by molar-refractivity contribution is 6.13. The average Bonchev–Trinajstić information content (AvgIpc) is 2.90. The number of carbonyl (C=O) groups is 1. The summed E-state index contributed by atoms with van der Waals surface area (Å²) in [7, 11) is 0. The molecule has 0 unspecified atom stereocenters. The first kappa shape index (κ1) is 9.09. The van der Waals surface area contributed by atoms with E-state index in [0.717, 1.165) is 28.9 Å². The summed E-state index contributed by atoms with van der Waals surface area (Å²) in [5.74, 6) is 1.04. The van der Waals surface area contributed by atoms with E-state index in [1.165, 1.54) is 0 Å². The highest BCUT2D eigenvalue weighted by Gasteiger charge is 2.13. The lowest BCUT2D eigenvalue weighted by Crippen LogP contribution is -1.95. The number of nitrogens with zero attached hydrogens (tertiary/aromatic N) is 1. The van der Waals surface area contributed by atoms with Gasteiger partial charge in [-0.1, -0.05) is 24.3 Å². The van der Waals surface area contributed by atoms with Crippen molar-refractivity contribution in [2.45, 2.75) is 6.42 Å². The van der Waals surface area contributed by atoms with Gasteiger partial charge in [-0.15, -0.1) is 0 Å². The second-order valence-electron chi connectivity index (χ2n) is 3.83. The van der Waals surface area contributed by atoms with Crippen molar-refractivity contribution in [3.8, 4) is 0 Å². The third-order valence-corrected chi connectivity index (χ3v) is 2.72. The van der Waals surface area contributed by atoms with E-state index in [1.807, 2.05) is 30.5 Å². The Morgan fingerprint density at radius 3 is 3.00 bits per heavy atom. The average molecular weight is 210 g/mol. The van der Waals surface area contributed by atoms with Crippen LogP contribution in [0.1, 0.15) is 27.3 Å². The fourth-order valence-corrected chi connectivity index (χ4v) is 1.93. The summed E-state index contributed by atoms with van der Waals surface area (Å²) in [6.45, 7) is 0. The van der Waals surface area contributed by atoms with Crippen molar-refractivity contribution in [3.05, 3.63) is 59.2 Å². The predicted molar refractivity (Wildman–Crippen MR) is 61.2 cm³/mol. The van der Waals surface area contributed by atoms with Crippen molar-refractivity contribution in [3.63, 3.8) is 0 Å². The Balaban J connectivity index is 1.93. The van der Waals surface area contributed by atoms with Crippen LogP contribution in [0.2, 0.25) is 0 Å². The number of ketones is 1. The van der Waals surface area contributed by atoms with Crippen LogP contribution in [-0.4, -0.2) is 15.8 Å². The lowest BCUT2D eigenvalue weighted by Gasteiger charge is -2.02. The Bertz CT molecular complexity index is 568. The van der Waals surface area contributed by atoms with Gasteiger partial charge in [0.15, 0.2) is 5.78 Å². The molecule has 0 radical (unpaired) electrons. The molecule has 1 aromatic carbocycles. The number of H-pyrrole nitrogens is 1. The number of hydrogen-bond acceptors (Lipinski definition) is 2. The molecule has 1 aliphatic rings. The Morgan fingerprint density at radius 2 is 2.19 bits per heavy atom. The third kappa shape index (κ3) is 1.46. The maximum atomic E-state index is 11.4. The topological polar surface area (TPSA) is 45.8 Å². The molecule has 1 heterocycles. The maximum absolute atomic E-state index is 11.4. The molecule has 0 amide bonds. The number of hydrogen-bond donors (Lipinski definition) is 1. The maximum Gasteiger partial charge on any atom is 0.186 e. The number of fused-ring (bicyclic) bond motifs is 1. The van der Waals surface area contributed by atoms with Crippen molar-refractivity contribution < 1.29 is 4.79 Å². The molecule has 78 valence electrons. The molecular weight excluding hydrogens is 200 g/mol. The molecule has 0 saturated heterocycles. The second kappa shape index (κ2) is 3.45. The molecule has 0 saturated carbocycles. The molecule has 1 N–H and O–H groups in total. The normalized spacial score (nSPS) is 13.1. The van der Waals surface area contributed by atoms with Gasteiger partial charge < -0.3 is 4.98 Å². The van der Waals surface area contributed by atoms with Crippen LogP contribution in [-0.2, 0) is 6.42 Å².